The highest BCUT2D eigenvalue weighted by Gasteiger charge is 2.39. The van der Waals surface area contributed by atoms with Crippen LogP contribution < -0.4 is 0 Å². The smallest absolute Gasteiger partial charge is 0.270 e. The van der Waals surface area contributed by atoms with Crippen molar-refractivity contribution >= 4 is 40.4 Å². The second-order valence-electron chi connectivity index (χ2n) is 8.98. The van der Waals surface area contributed by atoms with Crippen LogP contribution in [0.3, 0.4) is 0 Å². The van der Waals surface area contributed by atoms with Gasteiger partial charge in [-0.05, 0) is 60.4 Å². The van der Waals surface area contributed by atoms with Crippen molar-refractivity contribution in [1.29, 1.82) is 0 Å². The molecule has 5 rings (SSSR count). The number of fused-ring (bicyclic) bond motifs is 1. The van der Waals surface area contributed by atoms with Crippen LogP contribution in [0.4, 0.5) is 5.69 Å². The average molecular weight is 510 g/mol. The van der Waals surface area contributed by atoms with Crippen LogP contribution in [0.1, 0.15) is 50.8 Å². The van der Waals surface area contributed by atoms with Gasteiger partial charge in [-0.3, -0.25) is 19.7 Å². The Morgan fingerprint density at radius 2 is 1.94 bits per heavy atom. The molecule has 1 fully saturated rings. The molecule has 1 saturated carbocycles. The molecule has 0 spiro atoms. The van der Waals surface area contributed by atoms with Gasteiger partial charge in [-0.1, -0.05) is 35.9 Å². The third kappa shape index (κ3) is 4.56. The van der Waals surface area contributed by atoms with Gasteiger partial charge < -0.3 is 9.80 Å². The summed E-state index contributed by atoms with van der Waals surface area (Å²) < 4.78 is 0. The van der Waals surface area contributed by atoms with Crippen molar-refractivity contribution in [2.45, 2.75) is 38.3 Å². The Morgan fingerprint density at radius 1 is 1.17 bits per heavy atom. The summed E-state index contributed by atoms with van der Waals surface area (Å²) >= 11 is 7.95. The molecule has 180 valence electrons. The zero-order chi connectivity index (χ0) is 24.7. The first kappa shape index (κ1) is 23.5. The second kappa shape index (κ2) is 9.43. The number of carbonyl (C=O) groups is 2. The van der Waals surface area contributed by atoms with Crippen LogP contribution in [-0.4, -0.2) is 45.7 Å². The molecular weight excluding hydrogens is 486 g/mol. The van der Waals surface area contributed by atoms with Crippen molar-refractivity contribution in [3.63, 3.8) is 0 Å². The molecule has 7 nitrogen and oxygen atoms in total. The third-order valence-corrected chi connectivity index (χ3v) is 8.03. The van der Waals surface area contributed by atoms with Crippen molar-refractivity contribution in [3.8, 4) is 0 Å². The van der Waals surface area contributed by atoms with E-state index in [4.69, 9.17) is 11.6 Å². The molecule has 9 heteroatoms. The van der Waals surface area contributed by atoms with E-state index in [-0.39, 0.29) is 46.7 Å². The Balaban J connectivity index is 1.43. The van der Waals surface area contributed by atoms with Crippen molar-refractivity contribution in [1.82, 2.24) is 9.80 Å². The average Bonchev–Trinajstić information content (AvgIpc) is 3.57. The molecule has 0 bridgehead atoms. The monoisotopic (exact) mass is 509 g/mol. The number of non-ortho nitro benzene ring substituents is 1. The molecule has 1 unspecified atom stereocenters. The summed E-state index contributed by atoms with van der Waals surface area (Å²) in [7, 11) is 0. The number of benzene rings is 2. The number of nitrogens with zero attached hydrogens (tertiary/aromatic N) is 3. The standard InChI is InChI=1S/C26H24ClN3O4S/c1-16-4-2-3-5-19(16)25-21-11-13-35-23(21)10-12-28(25)24(31)15-29(17-6-7-17)26(32)20-9-8-18(30(33)34)14-22(20)27/h2-5,8-9,11,13-14,17,25H,6-7,10,12,15H2,1H3. The summed E-state index contributed by atoms with van der Waals surface area (Å²) in [5.41, 5.74) is 3.34. The van der Waals surface area contributed by atoms with E-state index in [0.717, 1.165) is 36.0 Å². The van der Waals surface area contributed by atoms with E-state index in [0.29, 0.717) is 6.54 Å². The Morgan fingerprint density at radius 3 is 2.63 bits per heavy atom. The lowest BCUT2D eigenvalue weighted by molar-refractivity contribution is -0.384. The van der Waals surface area contributed by atoms with Crippen LogP contribution in [0.2, 0.25) is 5.02 Å². The summed E-state index contributed by atoms with van der Waals surface area (Å²) in [5, 5.41) is 13.1. The van der Waals surface area contributed by atoms with Crippen LogP contribution in [0.15, 0.2) is 53.9 Å². The van der Waals surface area contributed by atoms with Crippen molar-refractivity contribution in [2.24, 2.45) is 0 Å². The van der Waals surface area contributed by atoms with E-state index in [2.05, 4.69) is 30.5 Å². The first-order valence-corrected chi connectivity index (χ1v) is 12.8. The molecule has 2 amide bonds. The van der Waals surface area contributed by atoms with Gasteiger partial charge in [0, 0.05) is 29.6 Å². The molecule has 2 aromatic carbocycles. The lowest BCUT2D eigenvalue weighted by atomic mass is 9.90. The maximum absolute atomic E-state index is 13.7. The Kier molecular flexibility index (Phi) is 6.34. The minimum atomic E-state index is -0.552. The zero-order valence-electron chi connectivity index (χ0n) is 19.1. The molecule has 1 aliphatic heterocycles. The number of halogens is 1. The van der Waals surface area contributed by atoms with Gasteiger partial charge in [-0.25, -0.2) is 0 Å². The van der Waals surface area contributed by atoms with Crippen molar-refractivity contribution in [3.05, 3.63) is 96.2 Å². The normalized spacial score (nSPS) is 17.1. The fraction of sp³-hybridized carbons (Fsp3) is 0.308. The molecule has 0 N–H and O–H groups in total. The van der Waals surface area contributed by atoms with E-state index < -0.39 is 4.92 Å². The maximum Gasteiger partial charge on any atom is 0.270 e. The first-order valence-electron chi connectivity index (χ1n) is 11.5. The van der Waals surface area contributed by atoms with Gasteiger partial charge in [-0.2, -0.15) is 0 Å². The number of aryl methyl sites for hydroxylation is 1. The van der Waals surface area contributed by atoms with Gasteiger partial charge in [0.1, 0.15) is 6.54 Å². The van der Waals surface area contributed by atoms with E-state index >= 15 is 0 Å². The predicted molar refractivity (Wildman–Crippen MR) is 135 cm³/mol. The fourth-order valence-corrected chi connectivity index (χ4v) is 5.91. The Bertz CT molecular complexity index is 1320. The largest absolute Gasteiger partial charge is 0.330 e. The fourth-order valence-electron chi connectivity index (χ4n) is 4.75. The summed E-state index contributed by atoms with van der Waals surface area (Å²) in [6, 6.07) is 13.8. The number of nitro benzene ring substituents is 1. The molecule has 1 aliphatic carbocycles. The van der Waals surface area contributed by atoms with Gasteiger partial charge in [0.15, 0.2) is 0 Å². The summed E-state index contributed by atoms with van der Waals surface area (Å²) in [6.45, 7) is 2.57. The van der Waals surface area contributed by atoms with Crippen LogP contribution in [0.25, 0.3) is 0 Å². The highest BCUT2D eigenvalue weighted by Crippen LogP contribution is 2.39. The molecule has 2 aliphatic rings. The van der Waals surface area contributed by atoms with Gasteiger partial charge in [0.25, 0.3) is 11.6 Å². The van der Waals surface area contributed by atoms with Crippen LogP contribution in [-0.2, 0) is 11.2 Å². The molecular formula is C26H24ClN3O4S. The zero-order valence-corrected chi connectivity index (χ0v) is 20.7. The van der Waals surface area contributed by atoms with Crippen LogP contribution in [0.5, 0.6) is 0 Å². The molecule has 1 atom stereocenters. The summed E-state index contributed by atoms with van der Waals surface area (Å²) in [5.74, 6) is -0.491. The van der Waals surface area contributed by atoms with E-state index in [9.17, 15) is 19.7 Å². The Hall–Kier alpha value is -3.23. The van der Waals surface area contributed by atoms with Gasteiger partial charge in [0.2, 0.25) is 5.91 Å². The molecule has 2 heterocycles. The first-order chi connectivity index (χ1) is 16.8. The maximum atomic E-state index is 13.7. The van der Waals surface area contributed by atoms with Crippen LogP contribution in [0, 0.1) is 17.0 Å². The third-order valence-electron chi connectivity index (χ3n) is 6.72. The van der Waals surface area contributed by atoms with E-state index in [1.807, 2.05) is 17.0 Å². The highest BCUT2D eigenvalue weighted by molar-refractivity contribution is 7.10. The van der Waals surface area contributed by atoms with Crippen LogP contribution >= 0.6 is 22.9 Å². The topological polar surface area (TPSA) is 83.8 Å². The lowest BCUT2D eigenvalue weighted by Crippen LogP contribution is -2.47. The minimum absolute atomic E-state index is 0.0148. The predicted octanol–water partition coefficient (Wildman–Crippen LogP) is 5.40. The number of hydrogen-bond acceptors (Lipinski definition) is 5. The van der Waals surface area contributed by atoms with E-state index in [1.165, 1.54) is 23.1 Å². The number of amides is 2. The SMILES string of the molecule is Cc1ccccc1C1c2ccsc2CCN1C(=O)CN(C(=O)c1ccc([N+](=O)[O-])cc1Cl)C1CC1. The molecule has 1 aromatic heterocycles. The number of nitro groups is 1. The molecule has 35 heavy (non-hydrogen) atoms. The second-order valence-corrected chi connectivity index (χ2v) is 10.4. The van der Waals surface area contributed by atoms with Crippen molar-refractivity contribution < 1.29 is 14.5 Å². The van der Waals surface area contributed by atoms with Gasteiger partial charge in [-0.15, -0.1) is 11.3 Å². The molecule has 3 aromatic rings. The minimum Gasteiger partial charge on any atom is -0.330 e. The summed E-state index contributed by atoms with van der Waals surface area (Å²) in [4.78, 5) is 42.4. The quantitative estimate of drug-likeness (QED) is 0.329. The number of rotatable bonds is 6. The number of carbonyl (C=O) groups excluding carboxylic acids is 2. The Labute approximate surface area is 212 Å². The van der Waals surface area contributed by atoms with Gasteiger partial charge in [0.05, 0.1) is 21.6 Å². The number of thiophene rings is 1. The highest BCUT2D eigenvalue weighted by atomic mass is 35.5. The molecule has 0 radical (unpaired) electrons. The summed E-state index contributed by atoms with van der Waals surface area (Å²) in [6.07, 6.45) is 2.42. The van der Waals surface area contributed by atoms with E-state index in [1.54, 1.807) is 16.2 Å². The lowest BCUT2D eigenvalue weighted by Gasteiger charge is -2.38. The number of hydrogen-bond donors (Lipinski definition) is 0. The molecule has 0 saturated heterocycles. The van der Waals surface area contributed by atoms with Gasteiger partial charge >= 0.3 is 0 Å². The van der Waals surface area contributed by atoms with Crippen molar-refractivity contribution in [2.75, 3.05) is 13.1 Å².